The van der Waals surface area contributed by atoms with E-state index in [0.29, 0.717) is 60.9 Å². The standard InChI is InChI=1S/C23H27ClF3IN5O3P/c1-36-20-10-16(17(24)12-29-20)19-11-18(31-33(19)37-28)22(35)32-8-6-13(7-9-32)21(34)30-15-4-2-14(3-5-15)23(25,26)27/h10-15,37H,2-9H2,1H3,(H,30,34). The summed E-state index contributed by atoms with van der Waals surface area (Å²) in [6, 6.07) is 3.17. The number of aromatic nitrogens is 3. The second-order valence-corrected chi connectivity index (χ2v) is 11.7. The fourth-order valence-electron chi connectivity index (χ4n) is 4.86. The lowest BCUT2D eigenvalue weighted by Crippen LogP contribution is -2.46. The van der Waals surface area contributed by atoms with E-state index in [-0.39, 0.29) is 48.7 Å². The van der Waals surface area contributed by atoms with Crippen molar-refractivity contribution in [3.63, 3.8) is 0 Å². The van der Waals surface area contributed by atoms with Crippen LogP contribution in [0, 0.1) is 11.8 Å². The van der Waals surface area contributed by atoms with Crippen molar-refractivity contribution in [2.24, 2.45) is 11.8 Å². The minimum absolute atomic E-state index is 0.0469. The van der Waals surface area contributed by atoms with Gasteiger partial charge >= 0.3 is 6.18 Å². The Bertz CT molecular complexity index is 1140. The number of likely N-dealkylation sites (tertiary alicyclic amines) is 1. The molecule has 1 N–H and O–H groups in total. The number of pyridine rings is 1. The number of nitrogens with zero attached hydrogens (tertiary/aromatic N) is 4. The molecule has 4 rings (SSSR count). The van der Waals surface area contributed by atoms with Crippen LogP contribution in [0.3, 0.4) is 0 Å². The number of halogens is 5. The summed E-state index contributed by atoms with van der Waals surface area (Å²) >= 11 is 8.53. The number of nitrogens with one attached hydrogen (secondary N) is 1. The normalized spacial score (nSPS) is 21.4. The average Bonchev–Trinajstić information content (AvgIpc) is 3.32. The maximum atomic E-state index is 13.2. The van der Waals surface area contributed by atoms with Gasteiger partial charge in [-0.05, 0) is 66.6 Å². The topological polar surface area (TPSA) is 89.4 Å². The van der Waals surface area contributed by atoms with Crippen LogP contribution in [-0.2, 0) is 4.79 Å². The number of carbonyl (C=O) groups is 2. The first-order chi connectivity index (χ1) is 17.6. The number of hydrogen-bond donors (Lipinski definition) is 1. The largest absolute Gasteiger partial charge is 0.481 e. The molecule has 0 radical (unpaired) electrons. The molecule has 0 spiro atoms. The number of amides is 2. The quantitative estimate of drug-likeness (QED) is 0.324. The van der Waals surface area contributed by atoms with Gasteiger partial charge in [-0.3, -0.25) is 9.59 Å². The Balaban J connectivity index is 1.34. The Morgan fingerprint density at radius 1 is 1.16 bits per heavy atom. The lowest BCUT2D eigenvalue weighted by atomic mass is 9.85. The third-order valence-corrected chi connectivity index (χ3v) is 9.19. The van der Waals surface area contributed by atoms with Crippen molar-refractivity contribution in [2.45, 2.75) is 50.7 Å². The zero-order chi connectivity index (χ0) is 26.7. The summed E-state index contributed by atoms with van der Waals surface area (Å²) in [5.74, 6) is -1.51. The number of carbonyl (C=O) groups excluding carboxylic acids is 2. The van der Waals surface area contributed by atoms with Crippen LogP contribution >= 0.6 is 40.0 Å². The van der Waals surface area contributed by atoms with Gasteiger partial charge in [-0.1, -0.05) is 11.6 Å². The van der Waals surface area contributed by atoms with Crippen LogP contribution in [0.1, 0.15) is 49.0 Å². The molecular formula is C23H27ClF3IN5O3P. The molecule has 3 heterocycles. The molecule has 1 saturated heterocycles. The lowest BCUT2D eigenvalue weighted by Gasteiger charge is -2.34. The van der Waals surface area contributed by atoms with Crippen molar-refractivity contribution < 1.29 is 27.5 Å². The third-order valence-electron chi connectivity index (χ3n) is 7.01. The lowest BCUT2D eigenvalue weighted by molar-refractivity contribution is -0.182. The first-order valence-corrected chi connectivity index (χ1v) is 16.4. The molecule has 2 fully saturated rings. The molecular weight excluding hydrogens is 645 g/mol. The van der Waals surface area contributed by atoms with Gasteiger partial charge in [0.15, 0.2) is 5.69 Å². The Morgan fingerprint density at radius 3 is 2.43 bits per heavy atom. The summed E-state index contributed by atoms with van der Waals surface area (Å²) in [4.78, 5) is 31.7. The maximum absolute atomic E-state index is 13.2. The van der Waals surface area contributed by atoms with Gasteiger partial charge in [0, 0.05) is 36.7 Å². The number of methoxy groups -OCH3 is 1. The fourth-order valence-corrected chi connectivity index (χ4v) is 6.59. The van der Waals surface area contributed by atoms with Gasteiger partial charge in [0.2, 0.25) is 11.8 Å². The highest BCUT2D eigenvalue weighted by atomic mass is 127. The Morgan fingerprint density at radius 2 is 1.84 bits per heavy atom. The zero-order valence-corrected chi connectivity index (χ0v) is 23.9. The number of piperidine rings is 1. The van der Waals surface area contributed by atoms with E-state index in [4.69, 9.17) is 16.3 Å². The van der Waals surface area contributed by atoms with Crippen LogP contribution in [0.25, 0.3) is 11.3 Å². The summed E-state index contributed by atoms with van der Waals surface area (Å²) < 4.78 is 45.6. The number of rotatable bonds is 6. The molecule has 1 aliphatic carbocycles. The van der Waals surface area contributed by atoms with Crippen LogP contribution in [0.4, 0.5) is 13.2 Å². The van der Waals surface area contributed by atoms with E-state index >= 15 is 0 Å². The van der Waals surface area contributed by atoms with Crippen molar-refractivity contribution >= 4 is 51.8 Å². The summed E-state index contributed by atoms with van der Waals surface area (Å²) in [7, 11) is 1.51. The van der Waals surface area contributed by atoms with Gasteiger partial charge < -0.3 is 15.0 Å². The first kappa shape index (κ1) is 28.4. The van der Waals surface area contributed by atoms with Crippen LogP contribution < -0.4 is 10.1 Å². The van der Waals surface area contributed by atoms with E-state index in [0.717, 1.165) is 0 Å². The van der Waals surface area contributed by atoms with Crippen molar-refractivity contribution in [2.75, 3.05) is 20.2 Å². The predicted octanol–water partition coefficient (Wildman–Crippen LogP) is 5.49. The van der Waals surface area contributed by atoms with Gasteiger partial charge in [0.25, 0.3) is 5.91 Å². The molecule has 1 unspecified atom stereocenters. The van der Waals surface area contributed by atoms with E-state index in [1.165, 1.54) is 13.3 Å². The molecule has 2 aliphatic rings. The molecule has 14 heteroatoms. The van der Waals surface area contributed by atoms with Crippen molar-refractivity contribution in [3.8, 4) is 17.1 Å². The molecule has 37 heavy (non-hydrogen) atoms. The molecule has 0 aromatic carbocycles. The number of alkyl halides is 3. The highest BCUT2D eigenvalue weighted by Crippen LogP contribution is 2.38. The van der Waals surface area contributed by atoms with E-state index in [1.54, 1.807) is 21.5 Å². The summed E-state index contributed by atoms with van der Waals surface area (Å²) in [6.07, 6.45) is -0.701. The number of hydrogen-bond acceptors (Lipinski definition) is 5. The average molecular weight is 672 g/mol. The van der Waals surface area contributed by atoms with Crippen LogP contribution in [0.5, 0.6) is 5.88 Å². The molecule has 0 bridgehead atoms. The SMILES string of the molecule is COc1cc(-c2cc(C(=O)N3CCC(C(=O)NC4CCC(C(F)(F)F)CC4)CC3)nn2PI)c(Cl)cn1. The molecule has 1 atom stereocenters. The molecule has 1 aliphatic heterocycles. The molecule has 2 aromatic heterocycles. The van der Waals surface area contributed by atoms with E-state index < -0.39 is 12.1 Å². The first-order valence-electron chi connectivity index (χ1n) is 11.9. The number of ether oxygens (including phenoxy) is 1. The van der Waals surface area contributed by atoms with E-state index in [9.17, 15) is 22.8 Å². The summed E-state index contributed by atoms with van der Waals surface area (Å²) in [6.45, 7) is 0.798. The fraction of sp³-hybridized carbons (Fsp3) is 0.565. The smallest absolute Gasteiger partial charge is 0.391 e. The highest BCUT2D eigenvalue weighted by Gasteiger charge is 2.42. The minimum atomic E-state index is -4.17. The van der Waals surface area contributed by atoms with Crippen LogP contribution in [0.2, 0.25) is 5.02 Å². The molecule has 1 saturated carbocycles. The molecule has 2 aromatic rings. The minimum Gasteiger partial charge on any atom is -0.481 e. The molecule has 2 amide bonds. The Labute approximate surface area is 232 Å². The Kier molecular flexibility index (Phi) is 9.21. The second-order valence-electron chi connectivity index (χ2n) is 9.28. The van der Waals surface area contributed by atoms with Gasteiger partial charge in [-0.15, -0.1) is 0 Å². The van der Waals surface area contributed by atoms with Crippen LogP contribution in [0.15, 0.2) is 18.3 Å². The second kappa shape index (κ2) is 12.0. The van der Waals surface area contributed by atoms with Crippen molar-refractivity contribution in [1.82, 2.24) is 24.8 Å². The van der Waals surface area contributed by atoms with Crippen molar-refractivity contribution in [3.05, 3.63) is 29.0 Å². The third kappa shape index (κ3) is 6.68. The van der Waals surface area contributed by atoms with Crippen molar-refractivity contribution in [1.29, 1.82) is 0 Å². The predicted molar refractivity (Wildman–Crippen MR) is 143 cm³/mol. The summed E-state index contributed by atoms with van der Waals surface area (Å²) in [5.41, 5.74) is 1.62. The van der Waals surface area contributed by atoms with Crippen LogP contribution in [-0.4, -0.2) is 63.7 Å². The van der Waals surface area contributed by atoms with E-state index in [2.05, 4.69) is 37.4 Å². The monoisotopic (exact) mass is 671 g/mol. The highest BCUT2D eigenvalue weighted by molar-refractivity contribution is 14.2. The van der Waals surface area contributed by atoms with Gasteiger partial charge in [0.05, 0.1) is 36.3 Å². The molecule has 202 valence electrons. The van der Waals surface area contributed by atoms with Gasteiger partial charge in [0.1, 0.15) is 0 Å². The summed E-state index contributed by atoms with van der Waals surface area (Å²) in [5, 5.41) is 7.83. The molecule has 8 nitrogen and oxygen atoms in total. The van der Waals surface area contributed by atoms with E-state index in [1.807, 2.05) is 0 Å². The Hall–Kier alpha value is -1.66. The van der Waals surface area contributed by atoms with Gasteiger partial charge in [-0.2, -0.15) is 18.3 Å². The zero-order valence-electron chi connectivity index (χ0n) is 20.0. The maximum Gasteiger partial charge on any atom is 0.391 e. The van der Waals surface area contributed by atoms with Gasteiger partial charge in [-0.25, -0.2) is 9.44 Å².